The van der Waals surface area contributed by atoms with E-state index in [0.29, 0.717) is 6.04 Å². The Morgan fingerprint density at radius 2 is 2.21 bits per heavy atom. The van der Waals surface area contributed by atoms with Gasteiger partial charge in [0.15, 0.2) is 0 Å². The first-order valence-electron chi connectivity index (χ1n) is 5.30. The van der Waals surface area contributed by atoms with Gasteiger partial charge in [-0.15, -0.1) is 0 Å². The molecule has 1 aromatic rings. The van der Waals surface area contributed by atoms with E-state index in [4.69, 9.17) is 5.73 Å². The van der Waals surface area contributed by atoms with Crippen molar-refractivity contribution in [3.05, 3.63) is 11.3 Å². The van der Waals surface area contributed by atoms with Gasteiger partial charge in [0, 0.05) is 30.8 Å². The summed E-state index contributed by atoms with van der Waals surface area (Å²) in [5, 5.41) is 4.46. The van der Waals surface area contributed by atoms with Gasteiger partial charge in [0.25, 0.3) is 0 Å². The fourth-order valence-electron chi connectivity index (χ4n) is 2.23. The minimum absolute atomic E-state index is 0.657. The van der Waals surface area contributed by atoms with Crippen molar-refractivity contribution in [3.63, 3.8) is 0 Å². The predicted octanol–water partition coefficient (Wildman–Crippen LogP) is 0.788. The average Bonchev–Trinajstić information content (AvgIpc) is 2.94. The second-order valence-corrected chi connectivity index (χ2v) is 4.47. The van der Waals surface area contributed by atoms with Crippen molar-refractivity contribution in [3.8, 4) is 0 Å². The number of nitrogens with two attached hydrogens (primary N) is 1. The van der Waals surface area contributed by atoms with E-state index in [1.165, 1.54) is 24.1 Å². The van der Waals surface area contributed by atoms with Crippen LogP contribution in [0.1, 0.15) is 30.1 Å². The number of likely N-dealkylation sites (N-methyl/N-ethyl adjacent to an activating group) is 1. The van der Waals surface area contributed by atoms with Crippen LogP contribution < -0.4 is 5.73 Å². The summed E-state index contributed by atoms with van der Waals surface area (Å²) in [6.45, 7) is 2.10. The molecule has 0 aromatic carbocycles. The Morgan fingerprint density at radius 3 is 2.93 bits per heavy atom. The summed E-state index contributed by atoms with van der Waals surface area (Å²) in [6.07, 6.45) is 3.67. The topological polar surface area (TPSA) is 47.1 Å². The van der Waals surface area contributed by atoms with E-state index < -0.39 is 0 Å². The predicted molar refractivity (Wildman–Crippen MR) is 54.9 cm³/mol. The molecular weight excluding hydrogens is 176 g/mol. The third-order valence-corrected chi connectivity index (χ3v) is 3.20. The highest BCUT2D eigenvalue weighted by atomic mass is 15.3. The third kappa shape index (κ3) is 1.14. The lowest BCUT2D eigenvalue weighted by molar-refractivity contribution is 0.308. The molecule has 3 rings (SSSR count). The van der Waals surface area contributed by atoms with Gasteiger partial charge in [0.2, 0.25) is 0 Å². The highest BCUT2D eigenvalue weighted by molar-refractivity contribution is 5.44. The lowest BCUT2D eigenvalue weighted by Crippen LogP contribution is -2.27. The van der Waals surface area contributed by atoms with Gasteiger partial charge in [0.05, 0.1) is 6.04 Å². The zero-order chi connectivity index (χ0) is 9.71. The quantitative estimate of drug-likeness (QED) is 0.715. The van der Waals surface area contributed by atoms with Crippen molar-refractivity contribution in [2.24, 2.45) is 0 Å². The van der Waals surface area contributed by atoms with E-state index in [2.05, 4.69) is 21.7 Å². The first kappa shape index (κ1) is 8.29. The van der Waals surface area contributed by atoms with Crippen molar-refractivity contribution in [1.29, 1.82) is 0 Å². The molecule has 1 aliphatic heterocycles. The maximum atomic E-state index is 5.93. The smallest absolute Gasteiger partial charge is 0.150 e. The summed E-state index contributed by atoms with van der Waals surface area (Å²) < 4.78 is 2.18. The molecule has 1 fully saturated rings. The van der Waals surface area contributed by atoms with Crippen LogP contribution in [0.5, 0.6) is 0 Å². The van der Waals surface area contributed by atoms with Gasteiger partial charge in [-0.25, -0.2) is 0 Å². The minimum Gasteiger partial charge on any atom is -0.382 e. The molecule has 0 atom stereocenters. The zero-order valence-corrected chi connectivity index (χ0v) is 8.53. The molecule has 4 nitrogen and oxygen atoms in total. The van der Waals surface area contributed by atoms with Crippen LogP contribution in [-0.2, 0) is 13.0 Å². The Bertz CT molecular complexity index is 364. The number of rotatable bonds is 1. The van der Waals surface area contributed by atoms with Gasteiger partial charge in [0.1, 0.15) is 5.82 Å². The number of aromatic nitrogens is 2. The number of nitrogen functional groups attached to an aromatic ring is 1. The van der Waals surface area contributed by atoms with E-state index >= 15 is 0 Å². The maximum absolute atomic E-state index is 5.93. The summed E-state index contributed by atoms with van der Waals surface area (Å²) in [6, 6.07) is 0.657. The number of anilines is 1. The molecule has 76 valence electrons. The molecule has 0 saturated heterocycles. The Hall–Kier alpha value is -1.03. The highest BCUT2D eigenvalue weighted by Crippen LogP contribution is 2.38. The van der Waals surface area contributed by atoms with Crippen molar-refractivity contribution in [2.75, 3.05) is 19.3 Å². The van der Waals surface area contributed by atoms with Crippen LogP contribution in [0.2, 0.25) is 0 Å². The Labute approximate surface area is 83.7 Å². The van der Waals surface area contributed by atoms with Gasteiger partial charge >= 0.3 is 0 Å². The van der Waals surface area contributed by atoms with Crippen LogP contribution >= 0.6 is 0 Å². The molecule has 2 N–H and O–H groups in total. The van der Waals surface area contributed by atoms with Crippen LogP contribution in [0.25, 0.3) is 0 Å². The molecule has 2 aliphatic rings. The van der Waals surface area contributed by atoms with Crippen LogP contribution in [0.15, 0.2) is 0 Å². The van der Waals surface area contributed by atoms with Gasteiger partial charge in [-0.05, 0) is 19.9 Å². The summed E-state index contributed by atoms with van der Waals surface area (Å²) >= 11 is 0. The Kier molecular flexibility index (Phi) is 1.62. The molecule has 14 heavy (non-hydrogen) atoms. The minimum atomic E-state index is 0.657. The number of hydrogen-bond acceptors (Lipinski definition) is 3. The highest BCUT2D eigenvalue weighted by Gasteiger charge is 2.31. The number of nitrogens with zero attached hydrogens (tertiary/aromatic N) is 3. The third-order valence-electron chi connectivity index (χ3n) is 3.20. The Morgan fingerprint density at radius 1 is 1.43 bits per heavy atom. The first-order chi connectivity index (χ1) is 6.75. The second kappa shape index (κ2) is 2.73. The normalized spacial score (nSPS) is 22.4. The number of fused-ring (bicyclic) bond motifs is 1. The lowest BCUT2D eigenvalue weighted by atomic mass is 10.1. The van der Waals surface area contributed by atoms with Crippen molar-refractivity contribution >= 4 is 5.82 Å². The Balaban J connectivity index is 2.04. The first-order valence-corrected chi connectivity index (χ1v) is 5.30. The monoisotopic (exact) mass is 192 g/mol. The molecule has 4 heteroatoms. The molecule has 0 unspecified atom stereocenters. The van der Waals surface area contributed by atoms with Crippen LogP contribution in [-0.4, -0.2) is 28.3 Å². The summed E-state index contributed by atoms with van der Waals surface area (Å²) in [4.78, 5) is 2.30. The molecule has 0 spiro atoms. The fourth-order valence-corrected chi connectivity index (χ4v) is 2.23. The summed E-state index contributed by atoms with van der Waals surface area (Å²) in [5.41, 5.74) is 8.59. The SMILES string of the molecule is CN1CCc2c(c(N)nn2C2CC2)C1. The molecule has 0 amide bonds. The molecular formula is C10H16N4. The molecule has 0 radical (unpaired) electrons. The maximum Gasteiger partial charge on any atom is 0.150 e. The van der Waals surface area contributed by atoms with Crippen molar-refractivity contribution in [1.82, 2.24) is 14.7 Å². The van der Waals surface area contributed by atoms with Gasteiger partial charge in [-0.1, -0.05) is 0 Å². The van der Waals surface area contributed by atoms with Crippen molar-refractivity contribution < 1.29 is 0 Å². The summed E-state index contributed by atoms with van der Waals surface area (Å²) in [7, 11) is 2.14. The standard InChI is InChI=1S/C10H16N4/c1-13-5-4-9-8(6-13)10(11)12-14(9)7-2-3-7/h7H,2-6H2,1H3,(H2,11,12). The molecule has 1 aliphatic carbocycles. The second-order valence-electron chi connectivity index (χ2n) is 4.47. The van der Waals surface area contributed by atoms with Gasteiger partial charge in [-0.2, -0.15) is 5.10 Å². The molecule has 2 heterocycles. The molecule has 1 saturated carbocycles. The van der Waals surface area contributed by atoms with Crippen LogP contribution in [0.4, 0.5) is 5.82 Å². The van der Waals surface area contributed by atoms with Gasteiger partial charge in [-0.3, -0.25) is 4.68 Å². The van der Waals surface area contributed by atoms with E-state index in [1.807, 2.05) is 0 Å². The molecule has 0 bridgehead atoms. The summed E-state index contributed by atoms with van der Waals surface area (Å²) in [5.74, 6) is 0.749. The van der Waals surface area contributed by atoms with Crippen LogP contribution in [0, 0.1) is 0 Å². The van der Waals surface area contributed by atoms with Crippen LogP contribution in [0.3, 0.4) is 0 Å². The molecule has 1 aromatic heterocycles. The van der Waals surface area contributed by atoms with Crippen molar-refractivity contribution in [2.45, 2.75) is 31.8 Å². The average molecular weight is 192 g/mol. The largest absolute Gasteiger partial charge is 0.382 e. The fraction of sp³-hybridized carbons (Fsp3) is 0.700. The van der Waals surface area contributed by atoms with E-state index in [0.717, 1.165) is 25.3 Å². The van der Waals surface area contributed by atoms with E-state index in [-0.39, 0.29) is 0 Å². The van der Waals surface area contributed by atoms with Gasteiger partial charge < -0.3 is 10.6 Å². The zero-order valence-electron chi connectivity index (χ0n) is 8.53. The number of hydrogen-bond donors (Lipinski definition) is 1. The van der Waals surface area contributed by atoms with E-state index in [1.54, 1.807) is 0 Å². The van der Waals surface area contributed by atoms with E-state index in [9.17, 15) is 0 Å². The lowest BCUT2D eigenvalue weighted by Gasteiger charge is -2.23.